The van der Waals surface area contributed by atoms with Gasteiger partial charge in [0.15, 0.2) is 0 Å². The summed E-state index contributed by atoms with van der Waals surface area (Å²) in [6.07, 6.45) is 0. The Hall–Kier alpha value is -0.730. The van der Waals surface area contributed by atoms with Crippen molar-refractivity contribution in [3.63, 3.8) is 0 Å². The van der Waals surface area contributed by atoms with Gasteiger partial charge in [0.1, 0.15) is 5.75 Å². The minimum Gasteiger partial charge on any atom is -0.507 e. The Bertz CT molecular complexity index is 284. The first-order valence-electron chi connectivity index (χ1n) is 3.75. The normalized spacial score (nSPS) is 10.3. The summed E-state index contributed by atoms with van der Waals surface area (Å²) in [7, 11) is 0. The molecule has 2 nitrogen and oxygen atoms in total. The summed E-state index contributed by atoms with van der Waals surface area (Å²) < 4.78 is 0. The summed E-state index contributed by atoms with van der Waals surface area (Å²) in [5, 5.41) is 10.2. The minimum absolute atomic E-state index is 0.263. The van der Waals surface area contributed by atoms with Gasteiger partial charge in [0, 0.05) is 17.1 Å². The summed E-state index contributed by atoms with van der Waals surface area (Å²) >= 11 is 5.90. The molecule has 0 heterocycles. The molecule has 0 radical (unpaired) electrons. The second kappa shape index (κ2) is 3.33. The van der Waals surface area contributed by atoms with Crippen LogP contribution >= 0.6 is 11.6 Å². The van der Waals surface area contributed by atoms with Crippen LogP contribution < -0.4 is 5.73 Å². The molecule has 0 unspecified atom stereocenters. The lowest BCUT2D eigenvalue weighted by Crippen LogP contribution is -2.01. The molecule has 1 aromatic carbocycles. The van der Waals surface area contributed by atoms with Crippen LogP contribution in [0.15, 0.2) is 6.07 Å². The number of hydrogen-bond donors (Lipinski definition) is 2. The standard InChI is InChI=1S/C9H12ClNO/c1-5-3-8(10)6(2)7(4-11)9(5)12/h3,12H,4,11H2,1-2H3. The van der Waals surface area contributed by atoms with E-state index in [1.165, 1.54) is 0 Å². The molecule has 0 aromatic heterocycles. The number of hydrogen-bond acceptors (Lipinski definition) is 2. The molecule has 12 heavy (non-hydrogen) atoms. The minimum atomic E-state index is 0.263. The van der Waals surface area contributed by atoms with Crippen molar-refractivity contribution in [3.05, 3.63) is 27.8 Å². The van der Waals surface area contributed by atoms with Gasteiger partial charge in [-0.2, -0.15) is 0 Å². The predicted molar refractivity (Wildman–Crippen MR) is 50.5 cm³/mol. The molecule has 0 aliphatic heterocycles. The Morgan fingerprint density at radius 2 is 2.08 bits per heavy atom. The highest BCUT2D eigenvalue weighted by Gasteiger charge is 2.09. The lowest BCUT2D eigenvalue weighted by Gasteiger charge is -2.10. The topological polar surface area (TPSA) is 46.2 Å². The Balaban J connectivity index is 3.42. The van der Waals surface area contributed by atoms with Gasteiger partial charge in [0.2, 0.25) is 0 Å². The molecule has 1 aromatic rings. The van der Waals surface area contributed by atoms with Crippen molar-refractivity contribution in [2.75, 3.05) is 0 Å². The molecule has 0 saturated heterocycles. The summed E-state index contributed by atoms with van der Waals surface area (Å²) in [5.41, 5.74) is 7.84. The number of benzene rings is 1. The number of phenolic OH excluding ortho intramolecular Hbond substituents is 1. The van der Waals surface area contributed by atoms with E-state index in [9.17, 15) is 5.11 Å². The largest absolute Gasteiger partial charge is 0.507 e. The lowest BCUT2D eigenvalue weighted by molar-refractivity contribution is 0.463. The van der Waals surface area contributed by atoms with Crippen LogP contribution in [0.5, 0.6) is 5.75 Å². The first-order chi connectivity index (χ1) is 5.57. The Morgan fingerprint density at radius 1 is 1.50 bits per heavy atom. The van der Waals surface area contributed by atoms with Gasteiger partial charge in [-0.15, -0.1) is 0 Å². The maximum atomic E-state index is 9.56. The first kappa shape index (κ1) is 9.36. The van der Waals surface area contributed by atoms with Crippen LogP contribution in [-0.2, 0) is 6.54 Å². The molecule has 0 amide bonds. The zero-order valence-corrected chi connectivity index (χ0v) is 7.94. The van der Waals surface area contributed by atoms with Crippen LogP contribution in [0, 0.1) is 13.8 Å². The van der Waals surface area contributed by atoms with Crippen molar-refractivity contribution in [3.8, 4) is 5.75 Å². The van der Waals surface area contributed by atoms with E-state index < -0.39 is 0 Å². The molecule has 0 fully saturated rings. The van der Waals surface area contributed by atoms with Gasteiger partial charge in [0.05, 0.1) is 0 Å². The molecular formula is C9H12ClNO. The second-order valence-corrected chi connectivity index (χ2v) is 3.24. The molecule has 0 spiro atoms. The van der Waals surface area contributed by atoms with Crippen molar-refractivity contribution in [1.82, 2.24) is 0 Å². The quantitative estimate of drug-likeness (QED) is 0.704. The van der Waals surface area contributed by atoms with Crippen molar-refractivity contribution >= 4 is 11.6 Å². The van der Waals surface area contributed by atoms with Gasteiger partial charge in [-0.3, -0.25) is 0 Å². The van der Waals surface area contributed by atoms with Crippen molar-refractivity contribution in [2.24, 2.45) is 5.73 Å². The Kier molecular flexibility index (Phi) is 2.60. The summed E-state index contributed by atoms with van der Waals surface area (Å²) in [6.45, 7) is 3.97. The van der Waals surface area contributed by atoms with Gasteiger partial charge in [-0.1, -0.05) is 11.6 Å². The van der Waals surface area contributed by atoms with Crippen LogP contribution in [-0.4, -0.2) is 5.11 Å². The van der Waals surface area contributed by atoms with Crippen molar-refractivity contribution in [2.45, 2.75) is 20.4 Å². The highest BCUT2D eigenvalue weighted by atomic mass is 35.5. The molecule has 0 saturated carbocycles. The summed E-state index contributed by atoms with van der Waals surface area (Å²) in [5.74, 6) is 0.263. The van der Waals surface area contributed by atoms with Gasteiger partial charge in [-0.25, -0.2) is 0 Å². The first-order valence-corrected chi connectivity index (χ1v) is 4.13. The van der Waals surface area contributed by atoms with Crippen LogP contribution in [0.25, 0.3) is 0 Å². The van der Waals surface area contributed by atoms with E-state index >= 15 is 0 Å². The Morgan fingerprint density at radius 3 is 2.58 bits per heavy atom. The third-order valence-electron chi connectivity index (χ3n) is 2.02. The van der Waals surface area contributed by atoms with E-state index in [1.54, 1.807) is 13.0 Å². The van der Waals surface area contributed by atoms with Crippen LogP contribution in [0.2, 0.25) is 5.02 Å². The van der Waals surface area contributed by atoms with E-state index in [0.29, 0.717) is 11.6 Å². The fourth-order valence-electron chi connectivity index (χ4n) is 1.18. The number of rotatable bonds is 1. The number of phenols is 1. The highest BCUT2D eigenvalue weighted by molar-refractivity contribution is 6.31. The number of nitrogens with two attached hydrogens (primary N) is 1. The van der Waals surface area contributed by atoms with E-state index in [0.717, 1.165) is 16.7 Å². The van der Waals surface area contributed by atoms with E-state index in [2.05, 4.69) is 0 Å². The molecular weight excluding hydrogens is 174 g/mol. The van der Waals surface area contributed by atoms with E-state index in [4.69, 9.17) is 17.3 Å². The molecule has 3 heteroatoms. The van der Waals surface area contributed by atoms with Crippen molar-refractivity contribution < 1.29 is 5.11 Å². The van der Waals surface area contributed by atoms with Crippen molar-refractivity contribution in [1.29, 1.82) is 0 Å². The molecule has 0 bridgehead atoms. The van der Waals surface area contributed by atoms with Crippen LogP contribution in [0.4, 0.5) is 0 Å². The second-order valence-electron chi connectivity index (χ2n) is 2.83. The third kappa shape index (κ3) is 1.40. The number of aromatic hydroxyl groups is 1. The maximum Gasteiger partial charge on any atom is 0.123 e. The zero-order valence-electron chi connectivity index (χ0n) is 7.19. The molecule has 1 rings (SSSR count). The van der Waals surface area contributed by atoms with Gasteiger partial charge < -0.3 is 10.8 Å². The smallest absolute Gasteiger partial charge is 0.123 e. The molecule has 66 valence electrons. The monoisotopic (exact) mass is 185 g/mol. The fraction of sp³-hybridized carbons (Fsp3) is 0.333. The lowest BCUT2D eigenvalue weighted by atomic mass is 10.0. The van der Waals surface area contributed by atoms with Crippen LogP contribution in [0.3, 0.4) is 0 Å². The van der Waals surface area contributed by atoms with Crippen LogP contribution in [0.1, 0.15) is 16.7 Å². The fourth-order valence-corrected chi connectivity index (χ4v) is 1.45. The predicted octanol–water partition coefficient (Wildman–Crippen LogP) is 2.12. The highest BCUT2D eigenvalue weighted by Crippen LogP contribution is 2.30. The third-order valence-corrected chi connectivity index (χ3v) is 2.41. The van der Waals surface area contributed by atoms with Gasteiger partial charge >= 0.3 is 0 Å². The SMILES string of the molecule is Cc1cc(Cl)c(C)c(CN)c1O. The molecule has 0 aliphatic carbocycles. The van der Waals surface area contributed by atoms with Gasteiger partial charge in [-0.05, 0) is 31.0 Å². The Labute approximate surface area is 77.0 Å². The number of aryl methyl sites for hydroxylation is 1. The van der Waals surface area contributed by atoms with E-state index in [1.807, 2.05) is 6.92 Å². The average molecular weight is 186 g/mol. The molecule has 0 atom stereocenters. The molecule has 0 aliphatic rings. The van der Waals surface area contributed by atoms with Gasteiger partial charge in [0.25, 0.3) is 0 Å². The number of halogens is 1. The summed E-state index contributed by atoms with van der Waals surface area (Å²) in [4.78, 5) is 0. The van der Waals surface area contributed by atoms with E-state index in [-0.39, 0.29) is 5.75 Å². The zero-order chi connectivity index (χ0) is 9.30. The molecule has 3 N–H and O–H groups in total. The average Bonchev–Trinajstić information content (AvgIpc) is 2.02. The summed E-state index contributed by atoms with van der Waals surface area (Å²) in [6, 6.07) is 1.74. The maximum absolute atomic E-state index is 9.56.